The molecule has 4 aromatic rings. The fourth-order valence-electron chi connectivity index (χ4n) is 5.66. The summed E-state index contributed by atoms with van der Waals surface area (Å²) in [5, 5.41) is 52.2. The van der Waals surface area contributed by atoms with Gasteiger partial charge in [0.05, 0.1) is 22.5 Å². The number of nitrogens with zero attached hydrogens (tertiary/aromatic N) is 2. The zero-order chi connectivity index (χ0) is 36.9. The SMILES string of the molecule is CC(CN(C)C)CN1c2ccccc2Sc2ccccc21.Cc1cc(O)c2c(c1)C(=O)c1cccc(O)c1C2=O.O=C(O)C(O)C(O)C(=O)O. The van der Waals surface area contributed by atoms with Gasteiger partial charge < -0.3 is 40.4 Å². The molecule has 1 aliphatic heterocycles. The first-order valence-electron chi connectivity index (χ1n) is 15.5. The van der Waals surface area contributed by atoms with Gasteiger partial charge in [0.15, 0.2) is 18.0 Å². The van der Waals surface area contributed by atoms with Crippen molar-refractivity contribution in [1.82, 2.24) is 4.90 Å². The van der Waals surface area contributed by atoms with E-state index in [1.165, 1.54) is 45.4 Å². The Morgan fingerprint density at radius 2 is 1.26 bits per heavy atom. The van der Waals surface area contributed by atoms with Crippen LogP contribution < -0.4 is 4.90 Å². The second-order valence-electron chi connectivity index (χ2n) is 12.1. The van der Waals surface area contributed by atoms with E-state index in [0.717, 1.165) is 13.1 Å². The molecule has 0 bridgehead atoms. The fourth-order valence-corrected chi connectivity index (χ4v) is 6.76. The third-order valence-electron chi connectivity index (χ3n) is 7.76. The van der Waals surface area contributed by atoms with Crippen LogP contribution in [0.4, 0.5) is 11.4 Å². The van der Waals surface area contributed by atoms with Crippen molar-refractivity contribution < 1.29 is 49.8 Å². The molecular formula is C37H38N2O10S. The number of aliphatic carboxylic acids is 2. The lowest BCUT2D eigenvalue weighted by Crippen LogP contribution is -2.39. The molecule has 0 amide bonds. The molecule has 3 atom stereocenters. The van der Waals surface area contributed by atoms with Gasteiger partial charge in [-0.05, 0) is 75.0 Å². The summed E-state index contributed by atoms with van der Waals surface area (Å²) in [5.74, 6) is -4.29. The van der Waals surface area contributed by atoms with E-state index in [1.807, 2.05) is 11.8 Å². The summed E-state index contributed by atoms with van der Waals surface area (Å²) in [6, 6.07) is 24.8. The molecule has 0 aromatic heterocycles. The van der Waals surface area contributed by atoms with Crippen LogP contribution in [0.3, 0.4) is 0 Å². The highest BCUT2D eigenvalue weighted by Crippen LogP contribution is 2.48. The summed E-state index contributed by atoms with van der Waals surface area (Å²) in [6.45, 7) is 6.21. The van der Waals surface area contributed by atoms with Crippen molar-refractivity contribution in [3.05, 3.63) is 107 Å². The highest BCUT2D eigenvalue weighted by molar-refractivity contribution is 7.99. The van der Waals surface area contributed by atoms with Gasteiger partial charge in [-0.3, -0.25) is 9.59 Å². The van der Waals surface area contributed by atoms with E-state index in [1.54, 1.807) is 13.0 Å². The van der Waals surface area contributed by atoms with Gasteiger partial charge in [-0.1, -0.05) is 55.1 Å². The van der Waals surface area contributed by atoms with Gasteiger partial charge >= 0.3 is 11.9 Å². The van der Waals surface area contributed by atoms with Gasteiger partial charge in [-0.2, -0.15) is 0 Å². The Kier molecular flexibility index (Phi) is 12.0. The number of carboxylic acids is 2. The summed E-state index contributed by atoms with van der Waals surface area (Å²) in [6.07, 6.45) is -4.53. The molecule has 0 spiro atoms. The van der Waals surface area contributed by atoms with E-state index in [0.29, 0.717) is 11.5 Å². The van der Waals surface area contributed by atoms with Crippen LogP contribution in [0.5, 0.6) is 11.5 Å². The molecule has 4 aromatic carbocycles. The molecule has 6 rings (SSSR count). The average molecular weight is 703 g/mol. The minimum absolute atomic E-state index is 0.0374. The predicted molar refractivity (Wildman–Crippen MR) is 187 cm³/mol. The monoisotopic (exact) mass is 702 g/mol. The lowest BCUT2D eigenvalue weighted by molar-refractivity contribution is -0.165. The van der Waals surface area contributed by atoms with Crippen LogP contribution in [0.1, 0.15) is 44.3 Å². The number of ketones is 2. The van der Waals surface area contributed by atoms with E-state index < -0.39 is 29.9 Å². The highest BCUT2D eigenvalue weighted by atomic mass is 32.2. The number of fused-ring (bicyclic) bond motifs is 4. The maximum Gasteiger partial charge on any atom is 0.335 e. The molecule has 1 aliphatic carbocycles. The van der Waals surface area contributed by atoms with E-state index in [4.69, 9.17) is 20.4 Å². The summed E-state index contributed by atoms with van der Waals surface area (Å²) < 4.78 is 0. The number of aliphatic hydroxyl groups is 2. The van der Waals surface area contributed by atoms with Crippen LogP contribution in [0.25, 0.3) is 0 Å². The van der Waals surface area contributed by atoms with E-state index >= 15 is 0 Å². The Morgan fingerprint density at radius 3 is 1.78 bits per heavy atom. The molecule has 13 heteroatoms. The second kappa shape index (κ2) is 16.0. The van der Waals surface area contributed by atoms with Crippen molar-refractivity contribution >= 4 is 46.6 Å². The van der Waals surface area contributed by atoms with E-state index in [9.17, 15) is 29.4 Å². The van der Waals surface area contributed by atoms with Crippen LogP contribution in [0.15, 0.2) is 88.7 Å². The minimum Gasteiger partial charge on any atom is -0.507 e. The molecule has 50 heavy (non-hydrogen) atoms. The third-order valence-corrected chi connectivity index (χ3v) is 8.89. The summed E-state index contributed by atoms with van der Waals surface area (Å²) in [4.78, 5) is 51.7. The van der Waals surface area contributed by atoms with Crippen molar-refractivity contribution in [3.8, 4) is 11.5 Å². The largest absolute Gasteiger partial charge is 0.507 e. The fraction of sp³-hybridized carbons (Fsp3) is 0.243. The molecule has 3 unspecified atom stereocenters. The quantitative estimate of drug-likeness (QED) is 0.138. The summed E-state index contributed by atoms with van der Waals surface area (Å²) in [5.41, 5.74) is 3.64. The summed E-state index contributed by atoms with van der Waals surface area (Å²) in [7, 11) is 4.29. The van der Waals surface area contributed by atoms with Gasteiger partial charge in [-0.15, -0.1) is 0 Å². The number of carbonyl (C=O) groups is 4. The topological polar surface area (TPSA) is 196 Å². The van der Waals surface area contributed by atoms with Crippen molar-refractivity contribution in [2.45, 2.75) is 35.8 Å². The molecule has 6 N–H and O–H groups in total. The molecule has 0 saturated carbocycles. The van der Waals surface area contributed by atoms with Gasteiger partial charge in [0, 0.05) is 34.0 Å². The Balaban J connectivity index is 0.000000180. The number of phenolic OH excluding ortho intramolecular Hbond substituents is 2. The number of aryl methyl sites for hydroxylation is 1. The molecule has 2 aliphatic rings. The van der Waals surface area contributed by atoms with E-state index in [-0.39, 0.29) is 39.5 Å². The van der Waals surface area contributed by atoms with Crippen LogP contribution in [-0.4, -0.2) is 98.4 Å². The lowest BCUT2D eigenvalue weighted by Gasteiger charge is -2.35. The molecular weight excluding hydrogens is 664 g/mol. The number of para-hydroxylation sites is 2. The number of aromatic hydroxyl groups is 2. The number of carbonyl (C=O) groups excluding carboxylic acids is 2. The normalized spacial score (nSPS) is 14.3. The van der Waals surface area contributed by atoms with Gasteiger partial charge in [0.25, 0.3) is 0 Å². The van der Waals surface area contributed by atoms with Crippen molar-refractivity contribution in [2.24, 2.45) is 5.92 Å². The number of benzene rings is 4. The Labute approximate surface area is 292 Å². The molecule has 0 fully saturated rings. The number of aliphatic hydroxyl groups excluding tert-OH is 2. The smallest absolute Gasteiger partial charge is 0.335 e. The van der Waals surface area contributed by atoms with Crippen LogP contribution in [-0.2, 0) is 9.59 Å². The molecule has 262 valence electrons. The maximum atomic E-state index is 12.3. The minimum atomic E-state index is -2.27. The van der Waals surface area contributed by atoms with Crippen molar-refractivity contribution in [3.63, 3.8) is 0 Å². The second-order valence-corrected chi connectivity index (χ2v) is 13.2. The first-order chi connectivity index (χ1) is 23.6. The highest BCUT2D eigenvalue weighted by Gasteiger charge is 2.34. The van der Waals surface area contributed by atoms with Gasteiger partial charge in [0.2, 0.25) is 5.78 Å². The van der Waals surface area contributed by atoms with Crippen LogP contribution >= 0.6 is 11.8 Å². The maximum absolute atomic E-state index is 12.3. The number of carboxylic acid groups (broad SMARTS) is 2. The zero-order valence-electron chi connectivity index (χ0n) is 27.8. The third kappa shape index (κ3) is 8.32. The van der Waals surface area contributed by atoms with Crippen LogP contribution in [0.2, 0.25) is 0 Å². The average Bonchev–Trinajstić information content (AvgIpc) is 3.06. The number of phenols is 2. The Hall–Kier alpha value is -5.21. The molecule has 12 nitrogen and oxygen atoms in total. The standard InChI is InChI=1S/C18H22N2S.C15H10O4.C4H6O6/c1-14(12-19(2)3)13-20-15-8-4-6-10-17(15)21-18-11-7-5-9-16(18)20;1-7-5-9-13(11(17)6-7)15(19)12-8(14(9)18)3-2-4-10(12)16;5-1(3(7)8)2(6)4(9)10/h4-11,14H,12-13H2,1-3H3;2-6,16-17H,1H3;1-2,5-6H,(H,7,8)(H,9,10). The summed E-state index contributed by atoms with van der Waals surface area (Å²) >= 11 is 1.88. The Bertz CT molecular complexity index is 1860. The van der Waals surface area contributed by atoms with Crippen LogP contribution in [0, 0.1) is 12.8 Å². The number of hydrogen-bond acceptors (Lipinski definition) is 11. The Morgan fingerprint density at radius 1 is 0.740 bits per heavy atom. The van der Waals surface area contributed by atoms with E-state index in [2.05, 4.69) is 79.3 Å². The predicted octanol–water partition coefficient (Wildman–Crippen LogP) is 4.55. The molecule has 0 saturated heterocycles. The van der Waals surface area contributed by atoms with Gasteiger partial charge in [0.1, 0.15) is 11.5 Å². The van der Waals surface area contributed by atoms with Crippen molar-refractivity contribution in [1.29, 1.82) is 0 Å². The number of hydrogen-bond donors (Lipinski definition) is 6. The lowest BCUT2D eigenvalue weighted by atomic mass is 9.82. The molecule has 1 heterocycles. The number of anilines is 2. The number of rotatable bonds is 7. The first kappa shape index (κ1) is 37.6. The van der Waals surface area contributed by atoms with Gasteiger partial charge in [-0.25, -0.2) is 9.59 Å². The van der Waals surface area contributed by atoms with Crippen molar-refractivity contribution in [2.75, 3.05) is 32.1 Å². The first-order valence-corrected chi connectivity index (χ1v) is 16.3. The molecule has 0 radical (unpaired) electrons. The zero-order valence-corrected chi connectivity index (χ0v) is 28.6.